The Morgan fingerprint density at radius 2 is 1.76 bits per heavy atom. The zero-order valence-corrected chi connectivity index (χ0v) is 24.6. The lowest BCUT2D eigenvalue weighted by Crippen LogP contribution is -2.47. The van der Waals surface area contributed by atoms with E-state index in [9.17, 15) is 9.90 Å². The molecule has 5 rings (SSSR count). The van der Waals surface area contributed by atoms with Crippen LogP contribution in [0.5, 0.6) is 11.5 Å². The Labute approximate surface area is 252 Å². The van der Waals surface area contributed by atoms with Gasteiger partial charge < -0.3 is 14.7 Å². The first-order valence-electron chi connectivity index (χ1n) is 14.1. The van der Waals surface area contributed by atoms with Crippen molar-refractivity contribution in [1.29, 1.82) is 0 Å². The van der Waals surface area contributed by atoms with Crippen LogP contribution in [0.3, 0.4) is 0 Å². The Hall–Kier alpha value is -4.33. The van der Waals surface area contributed by atoms with Crippen molar-refractivity contribution in [1.82, 2.24) is 10.3 Å². The van der Waals surface area contributed by atoms with Gasteiger partial charge in [-0.25, -0.2) is 5.43 Å². The molecule has 8 heteroatoms. The number of aromatic hydroxyl groups is 1. The van der Waals surface area contributed by atoms with Gasteiger partial charge in [0.1, 0.15) is 18.1 Å². The number of hydrogen-bond acceptors (Lipinski definition) is 6. The number of piperazine rings is 1. The number of nitrogens with zero attached hydrogens (tertiary/aromatic N) is 3. The second-order valence-electron chi connectivity index (χ2n) is 10.5. The number of phenolic OH excluding ortho intramolecular Hbond substituents is 1. The van der Waals surface area contributed by atoms with Gasteiger partial charge in [0, 0.05) is 49.5 Å². The van der Waals surface area contributed by atoms with E-state index in [0.717, 1.165) is 60.7 Å². The standard InChI is InChI=1S/C34H35ClN4O3/c1-24-7-6-10-29(19-24)39-15-13-38(14-16-39)17-18-42-33-25(2)20-26(21-30(33)27-8-4-3-5-9-27)23-36-37-34(41)28-11-12-32(40)31(35)22-28/h3-12,19-23,40H,13-18H2,1-2H3,(H,37,41)/b36-23-. The van der Waals surface area contributed by atoms with Gasteiger partial charge >= 0.3 is 0 Å². The number of hydrazone groups is 1. The predicted molar refractivity (Wildman–Crippen MR) is 170 cm³/mol. The van der Waals surface area contributed by atoms with E-state index in [2.05, 4.69) is 63.6 Å². The molecule has 0 saturated carbocycles. The maximum absolute atomic E-state index is 12.5. The summed E-state index contributed by atoms with van der Waals surface area (Å²) in [5.41, 5.74) is 9.23. The molecule has 42 heavy (non-hydrogen) atoms. The maximum atomic E-state index is 12.5. The van der Waals surface area contributed by atoms with Crippen molar-refractivity contribution in [2.24, 2.45) is 5.10 Å². The van der Waals surface area contributed by atoms with E-state index < -0.39 is 5.91 Å². The van der Waals surface area contributed by atoms with E-state index in [-0.39, 0.29) is 10.8 Å². The Kier molecular flexibility index (Phi) is 9.41. The van der Waals surface area contributed by atoms with Crippen LogP contribution in [0.2, 0.25) is 5.02 Å². The fourth-order valence-electron chi connectivity index (χ4n) is 5.11. The first-order valence-corrected chi connectivity index (χ1v) is 14.4. The van der Waals surface area contributed by atoms with Crippen LogP contribution in [-0.4, -0.2) is 61.5 Å². The largest absolute Gasteiger partial charge is 0.506 e. The molecule has 1 amide bonds. The molecule has 0 unspecified atom stereocenters. The summed E-state index contributed by atoms with van der Waals surface area (Å²) >= 11 is 5.92. The van der Waals surface area contributed by atoms with Crippen molar-refractivity contribution >= 4 is 29.4 Å². The number of carbonyl (C=O) groups is 1. The first-order chi connectivity index (χ1) is 20.4. The van der Waals surface area contributed by atoms with Gasteiger partial charge in [-0.1, -0.05) is 54.1 Å². The topological polar surface area (TPSA) is 77.4 Å². The molecule has 0 aliphatic carbocycles. The molecule has 1 aliphatic rings. The number of carbonyl (C=O) groups excluding carboxylic acids is 1. The van der Waals surface area contributed by atoms with Gasteiger partial charge in [0.25, 0.3) is 5.91 Å². The summed E-state index contributed by atoms with van der Waals surface area (Å²) in [6.07, 6.45) is 1.61. The van der Waals surface area contributed by atoms with Crippen molar-refractivity contribution in [2.45, 2.75) is 13.8 Å². The monoisotopic (exact) mass is 582 g/mol. The molecule has 1 fully saturated rings. The van der Waals surface area contributed by atoms with Gasteiger partial charge in [0.05, 0.1) is 11.2 Å². The second kappa shape index (κ2) is 13.6. The molecule has 0 aromatic heterocycles. The molecule has 1 heterocycles. The van der Waals surface area contributed by atoms with E-state index in [0.29, 0.717) is 12.2 Å². The highest BCUT2D eigenvalue weighted by molar-refractivity contribution is 6.32. The fourth-order valence-corrected chi connectivity index (χ4v) is 5.29. The molecule has 216 valence electrons. The molecule has 4 aromatic carbocycles. The average molecular weight is 583 g/mol. The van der Waals surface area contributed by atoms with Crippen molar-refractivity contribution in [2.75, 3.05) is 44.2 Å². The Morgan fingerprint density at radius 1 is 0.976 bits per heavy atom. The Morgan fingerprint density at radius 3 is 2.50 bits per heavy atom. The van der Waals surface area contributed by atoms with Crippen LogP contribution < -0.4 is 15.1 Å². The SMILES string of the molecule is Cc1cccc(N2CCN(CCOc3c(C)cc(/C=N\NC(=O)c4ccc(O)c(Cl)c4)cc3-c3ccccc3)CC2)c1. The van der Waals surface area contributed by atoms with Crippen LogP contribution in [0.4, 0.5) is 5.69 Å². The first kappa shape index (κ1) is 29.2. The Balaban J connectivity index is 1.23. The van der Waals surface area contributed by atoms with Gasteiger partial charge in [0.15, 0.2) is 0 Å². The summed E-state index contributed by atoms with van der Waals surface area (Å²) in [6, 6.07) is 27.1. The smallest absolute Gasteiger partial charge is 0.271 e. The minimum Gasteiger partial charge on any atom is -0.506 e. The molecular weight excluding hydrogens is 548 g/mol. The lowest BCUT2D eigenvalue weighted by Gasteiger charge is -2.36. The number of rotatable bonds is 9. The normalized spacial score (nSPS) is 13.8. The highest BCUT2D eigenvalue weighted by Gasteiger charge is 2.18. The summed E-state index contributed by atoms with van der Waals surface area (Å²) in [5.74, 6) is 0.343. The fraction of sp³-hybridized carbons (Fsp3) is 0.235. The molecule has 0 spiro atoms. The van der Waals surface area contributed by atoms with Crippen molar-refractivity contribution < 1.29 is 14.6 Å². The average Bonchev–Trinajstić information content (AvgIpc) is 3.00. The summed E-state index contributed by atoms with van der Waals surface area (Å²) in [5, 5.41) is 13.8. The number of benzene rings is 4. The lowest BCUT2D eigenvalue weighted by atomic mass is 9.99. The lowest BCUT2D eigenvalue weighted by molar-refractivity contribution is 0.0955. The third-order valence-electron chi connectivity index (χ3n) is 7.36. The Bertz CT molecular complexity index is 1570. The number of anilines is 1. The zero-order valence-electron chi connectivity index (χ0n) is 23.9. The molecule has 2 N–H and O–H groups in total. The van der Waals surface area contributed by atoms with E-state index in [1.807, 2.05) is 37.3 Å². The van der Waals surface area contributed by atoms with Crippen LogP contribution in [0, 0.1) is 13.8 Å². The number of amides is 1. The van der Waals surface area contributed by atoms with Gasteiger partial charge in [-0.3, -0.25) is 9.69 Å². The predicted octanol–water partition coefficient (Wildman–Crippen LogP) is 6.29. The summed E-state index contributed by atoms with van der Waals surface area (Å²) in [6.45, 7) is 9.60. The highest BCUT2D eigenvalue weighted by atomic mass is 35.5. The quantitative estimate of drug-likeness (QED) is 0.179. The van der Waals surface area contributed by atoms with Gasteiger partial charge in [-0.15, -0.1) is 0 Å². The molecule has 0 radical (unpaired) electrons. The zero-order chi connectivity index (χ0) is 29.5. The third kappa shape index (κ3) is 7.29. The van der Waals surface area contributed by atoms with Crippen LogP contribution in [0.1, 0.15) is 27.0 Å². The number of phenols is 1. The third-order valence-corrected chi connectivity index (χ3v) is 7.67. The van der Waals surface area contributed by atoms with Gasteiger partial charge in [0.2, 0.25) is 0 Å². The number of hydrogen-bond donors (Lipinski definition) is 2. The summed E-state index contributed by atoms with van der Waals surface area (Å²) in [4.78, 5) is 17.4. The van der Waals surface area contributed by atoms with E-state index >= 15 is 0 Å². The number of ether oxygens (including phenoxy) is 1. The van der Waals surface area contributed by atoms with E-state index in [1.165, 1.54) is 29.4 Å². The minimum atomic E-state index is -0.423. The molecule has 4 aromatic rings. The molecular formula is C34H35ClN4O3. The van der Waals surface area contributed by atoms with Crippen LogP contribution in [-0.2, 0) is 0 Å². The summed E-state index contributed by atoms with van der Waals surface area (Å²) < 4.78 is 6.43. The number of halogens is 1. The molecule has 7 nitrogen and oxygen atoms in total. The van der Waals surface area contributed by atoms with Crippen molar-refractivity contribution in [3.05, 3.63) is 112 Å². The molecule has 0 atom stereocenters. The van der Waals surface area contributed by atoms with Crippen LogP contribution in [0.25, 0.3) is 11.1 Å². The molecule has 1 saturated heterocycles. The number of nitrogens with one attached hydrogen (secondary N) is 1. The van der Waals surface area contributed by atoms with Crippen LogP contribution >= 0.6 is 11.6 Å². The minimum absolute atomic E-state index is 0.0800. The van der Waals surface area contributed by atoms with Crippen LogP contribution in [0.15, 0.2) is 90.0 Å². The summed E-state index contributed by atoms with van der Waals surface area (Å²) in [7, 11) is 0. The second-order valence-corrected chi connectivity index (χ2v) is 10.9. The van der Waals surface area contributed by atoms with Crippen molar-refractivity contribution in [3.63, 3.8) is 0 Å². The van der Waals surface area contributed by atoms with Gasteiger partial charge in [-0.2, -0.15) is 5.10 Å². The number of aryl methyl sites for hydroxylation is 2. The van der Waals surface area contributed by atoms with Gasteiger partial charge in [-0.05, 0) is 78.6 Å². The highest BCUT2D eigenvalue weighted by Crippen LogP contribution is 2.34. The molecule has 1 aliphatic heterocycles. The van der Waals surface area contributed by atoms with Crippen molar-refractivity contribution in [3.8, 4) is 22.6 Å². The van der Waals surface area contributed by atoms with E-state index in [1.54, 1.807) is 6.21 Å². The van der Waals surface area contributed by atoms with E-state index in [4.69, 9.17) is 16.3 Å². The molecule has 0 bridgehead atoms. The maximum Gasteiger partial charge on any atom is 0.271 e.